The molecule has 9 heteroatoms. The lowest BCUT2D eigenvalue weighted by atomic mass is 9.96. The fourth-order valence-corrected chi connectivity index (χ4v) is 5.01. The van der Waals surface area contributed by atoms with Crippen LogP contribution in [0.25, 0.3) is 0 Å². The fourth-order valence-electron chi connectivity index (χ4n) is 3.88. The lowest BCUT2D eigenvalue weighted by Crippen LogP contribution is -2.51. The molecule has 2 aliphatic heterocycles. The van der Waals surface area contributed by atoms with Crippen LogP contribution in [-0.2, 0) is 14.8 Å². The topological polar surface area (TPSA) is 98.8 Å². The van der Waals surface area contributed by atoms with Crippen molar-refractivity contribution in [1.82, 2.24) is 14.5 Å². The number of carbonyl (C=O) groups is 2. The van der Waals surface area contributed by atoms with Crippen LogP contribution in [0, 0.1) is 5.92 Å². The largest absolute Gasteiger partial charge is 0.353 e. The number of piperidine rings is 2. The van der Waals surface area contributed by atoms with E-state index in [-0.39, 0.29) is 29.7 Å². The first kappa shape index (κ1) is 21.6. The summed E-state index contributed by atoms with van der Waals surface area (Å²) in [7, 11) is -3.17. The Hall–Kier alpha value is -2.13. The van der Waals surface area contributed by atoms with E-state index in [9.17, 15) is 18.0 Å². The minimum atomic E-state index is -3.17. The third-order valence-electron chi connectivity index (χ3n) is 5.66. The van der Waals surface area contributed by atoms with Crippen LogP contribution in [0.4, 0.5) is 10.5 Å². The van der Waals surface area contributed by atoms with Crippen LogP contribution < -0.4 is 10.6 Å². The Kier molecular flexibility index (Phi) is 7.13. The van der Waals surface area contributed by atoms with Crippen LogP contribution in [0.3, 0.4) is 0 Å². The normalized spacial score (nSPS) is 21.6. The highest BCUT2D eigenvalue weighted by molar-refractivity contribution is 7.89. The molecule has 8 nitrogen and oxygen atoms in total. The monoisotopic (exact) mass is 422 g/mol. The number of carbonyl (C=O) groups excluding carboxylic acids is 2. The van der Waals surface area contributed by atoms with E-state index in [1.807, 2.05) is 30.3 Å². The van der Waals surface area contributed by atoms with Crippen LogP contribution in [-0.4, -0.2) is 67.5 Å². The third kappa shape index (κ3) is 5.70. The molecule has 2 aliphatic rings. The maximum atomic E-state index is 12.7. The number of urea groups is 1. The van der Waals surface area contributed by atoms with Gasteiger partial charge in [0.2, 0.25) is 15.9 Å². The van der Waals surface area contributed by atoms with Gasteiger partial charge in [0.05, 0.1) is 11.7 Å². The molecule has 2 N–H and O–H groups in total. The number of likely N-dealkylation sites (tertiary alicyclic amines) is 1. The van der Waals surface area contributed by atoms with E-state index < -0.39 is 10.0 Å². The van der Waals surface area contributed by atoms with Gasteiger partial charge in [-0.25, -0.2) is 17.5 Å². The standard InChI is InChI=1S/C20H30N4O4S/c1-2-29(27,28)24-13-10-18(11-14-24)21-19(25)16-7-6-12-23(15-16)20(26)22-17-8-4-3-5-9-17/h3-5,8-9,16,18H,2,6-7,10-15H2,1H3,(H,21,25)(H,22,26). The van der Waals surface area contributed by atoms with E-state index in [0.29, 0.717) is 39.0 Å². The molecule has 0 saturated carbocycles. The molecule has 2 saturated heterocycles. The van der Waals surface area contributed by atoms with Gasteiger partial charge in [-0.15, -0.1) is 0 Å². The zero-order valence-electron chi connectivity index (χ0n) is 16.8. The highest BCUT2D eigenvalue weighted by Crippen LogP contribution is 2.20. The van der Waals surface area contributed by atoms with Gasteiger partial charge < -0.3 is 15.5 Å². The number of hydrogen-bond acceptors (Lipinski definition) is 4. The van der Waals surface area contributed by atoms with Crippen LogP contribution in [0.2, 0.25) is 0 Å². The number of nitrogens with zero attached hydrogens (tertiary/aromatic N) is 2. The third-order valence-corrected chi connectivity index (χ3v) is 7.54. The number of para-hydroxylation sites is 1. The molecule has 2 fully saturated rings. The van der Waals surface area contributed by atoms with Crippen molar-refractivity contribution >= 4 is 27.6 Å². The van der Waals surface area contributed by atoms with Crippen LogP contribution in [0.1, 0.15) is 32.6 Å². The summed E-state index contributed by atoms with van der Waals surface area (Å²) in [6.07, 6.45) is 2.78. The maximum Gasteiger partial charge on any atom is 0.321 e. The summed E-state index contributed by atoms with van der Waals surface area (Å²) in [6, 6.07) is 9.07. The van der Waals surface area contributed by atoms with Gasteiger partial charge in [-0.1, -0.05) is 18.2 Å². The van der Waals surface area contributed by atoms with E-state index in [4.69, 9.17) is 0 Å². The first-order valence-corrected chi connectivity index (χ1v) is 11.9. The first-order chi connectivity index (χ1) is 13.9. The second kappa shape index (κ2) is 9.58. The number of sulfonamides is 1. The summed E-state index contributed by atoms with van der Waals surface area (Å²) in [6.45, 7) is 3.56. The lowest BCUT2D eigenvalue weighted by Gasteiger charge is -2.35. The van der Waals surface area contributed by atoms with Crippen molar-refractivity contribution < 1.29 is 18.0 Å². The van der Waals surface area contributed by atoms with Gasteiger partial charge in [0.15, 0.2) is 0 Å². The molecular weight excluding hydrogens is 392 g/mol. The molecule has 1 aromatic carbocycles. The minimum Gasteiger partial charge on any atom is -0.353 e. The highest BCUT2D eigenvalue weighted by Gasteiger charge is 2.32. The van der Waals surface area contributed by atoms with Crippen molar-refractivity contribution in [3.05, 3.63) is 30.3 Å². The Bertz CT molecular complexity index is 807. The number of benzene rings is 1. The summed E-state index contributed by atoms with van der Waals surface area (Å²) >= 11 is 0. The summed E-state index contributed by atoms with van der Waals surface area (Å²) in [4.78, 5) is 26.9. The van der Waals surface area contributed by atoms with Crippen molar-refractivity contribution in [1.29, 1.82) is 0 Å². The van der Waals surface area contributed by atoms with Crippen molar-refractivity contribution in [2.45, 2.75) is 38.6 Å². The van der Waals surface area contributed by atoms with Crippen LogP contribution >= 0.6 is 0 Å². The molecule has 0 aliphatic carbocycles. The van der Waals surface area contributed by atoms with Crippen molar-refractivity contribution in [3.63, 3.8) is 0 Å². The molecule has 1 unspecified atom stereocenters. The SMILES string of the molecule is CCS(=O)(=O)N1CCC(NC(=O)C2CCCN(C(=O)Nc3ccccc3)C2)CC1. The zero-order chi connectivity index (χ0) is 20.9. The molecule has 0 aromatic heterocycles. The molecule has 1 aromatic rings. The Balaban J connectivity index is 1.48. The molecule has 1 atom stereocenters. The predicted molar refractivity (Wildman–Crippen MR) is 112 cm³/mol. The second-order valence-corrected chi connectivity index (χ2v) is 9.92. The van der Waals surface area contributed by atoms with Gasteiger partial charge in [0.1, 0.15) is 0 Å². The molecule has 2 heterocycles. The summed E-state index contributed by atoms with van der Waals surface area (Å²) in [5.41, 5.74) is 0.734. The smallest absolute Gasteiger partial charge is 0.321 e. The number of hydrogen-bond donors (Lipinski definition) is 2. The highest BCUT2D eigenvalue weighted by atomic mass is 32.2. The molecule has 0 spiro atoms. The van der Waals surface area contributed by atoms with Gasteiger partial charge >= 0.3 is 6.03 Å². The van der Waals surface area contributed by atoms with E-state index in [0.717, 1.165) is 18.5 Å². The van der Waals surface area contributed by atoms with Crippen molar-refractivity contribution in [3.8, 4) is 0 Å². The second-order valence-electron chi connectivity index (χ2n) is 7.66. The van der Waals surface area contributed by atoms with E-state index in [1.165, 1.54) is 4.31 Å². The number of nitrogens with one attached hydrogen (secondary N) is 2. The molecule has 29 heavy (non-hydrogen) atoms. The average Bonchev–Trinajstić information content (AvgIpc) is 2.75. The quantitative estimate of drug-likeness (QED) is 0.757. The number of anilines is 1. The zero-order valence-corrected chi connectivity index (χ0v) is 17.7. The van der Waals surface area contributed by atoms with Crippen LogP contribution in [0.5, 0.6) is 0 Å². The fraction of sp³-hybridized carbons (Fsp3) is 0.600. The Morgan fingerprint density at radius 2 is 1.76 bits per heavy atom. The first-order valence-electron chi connectivity index (χ1n) is 10.3. The molecule has 0 radical (unpaired) electrons. The van der Waals surface area contributed by atoms with E-state index in [1.54, 1.807) is 11.8 Å². The molecule has 3 rings (SSSR count). The lowest BCUT2D eigenvalue weighted by molar-refractivity contribution is -0.127. The van der Waals surface area contributed by atoms with Crippen molar-refractivity contribution in [2.75, 3.05) is 37.2 Å². The predicted octanol–water partition coefficient (Wildman–Crippen LogP) is 1.86. The van der Waals surface area contributed by atoms with Gasteiger partial charge in [-0.05, 0) is 44.7 Å². The summed E-state index contributed by atoms with van der Waals surface area (Å²) in [5, 5.41) is 5.94. The molecule has 160 valence electrons. The number of amides is 3. The van der Waals surface area contributed by atoms with Gasteiger partial charge in [0.25, 0.3) is 0 Å². The van der Waals surface area contributed by atoms with Gasteiger partial charge in [0, 0.05) is 37.9 Å². The summed E-state index contributed by atoms with van der Waals surface area (Å²) in [5.74, 6) is -0.172. The van der Waals surface area contributed by atoms with Gasteiger partial charge in [-0.3, -0.25) is 4.79 Å². The van der Waals surface area contributed by atoms with E-state index in [2.05, 4.69) is 10.6 Å². The van der Waals surface area contributed by atoms with Crippen LogP contribution in [0.15, 0.2) is 30.3 Å². The Morgan fingerprint density at radius 3 is 2.41 bits per heavy atom. The maximum absolute atomic E-state index is 12.7. The molecule has 0 bridgehead atoms. The minimum absolute atomic E-state index is 0.0145. The van der Waals surface area contributed by atoms with Crippen molar-refractivity contribution in [2.24, 2.45) is 5.92 Å². The average molecular weight is 423 g/mol. The van der Waals surface area contributed by atoms with E-state index >= 15 is 0 Å². The number of rotatable bonds is 5. The summed E-state index contributed by atoms with van der Waals surface area (Å²) < 4.78 is 25.4. The van der Waals surface area contributed by atoms with Gasteiger partial charge in [-0.2, -0.15) is 0 Å². The molecule has 3 amide bonds. The Morgan fingerprint density at radius 1 is 1.07 bits per heavy atom. The Labute approximate surface area is 172 Å². The molecular formula is C20H30N4O4S.